The molecule has 0 unspecified atom stereocenters. The van der Waals surface area contributed by atoms with Gasteiger partial charge in [0.2, 0.25) is 0 Å². The third-order valence-corrected chi connectivity index (χ3v) is 4.78. The smallest absolute Gasteiger partial charge is 0.147 e. The number of hydrogen-bond acceptors (Lipinski definition) is 5. The van der Waals surface area contributed by atoms with Gasteiger partial charge in [0, 0.05) is 45.4 Å². The number of rotatable bonds is 2. The predicted molar refractivity (Wildman–Crippen MR) is 87.2 cm³/mol. The van der Waals surface area contributed by atoms with Gasteiger partial charge in [-0.25, -0.2) is 4.98 Å². The van der Waals surface area contributed by atoms with Crippen LogP contribution in [0.5, 0.6) is 0 Å². The zero-order chi connectivity index (χ0) is 14.8. The summed E-state index contributed by atoms with van der Waals surface area (Å²) in [7, 11) is 0. The van der Waals surface area contributed by atoms with E-state index in [0.29, 0.717) is 6.04 Å². The maximum atomic E-state index is 5.47. The molecule has 1 aromatic heterocycles. The van der Waals surface area contributed by atoms with Crippen LogP contribution in [0.3, 0.4) is 0 Å². The molecule has 0 atom stereocenters. The number of ether oxygens (including phenoxy) is 1. The summed E-state index contributed by atoms with van der Waals surface area (Å²) in [5.41, 5.74) is 1.94. The third-order valence-electron chi connectivity index (χ3n) is 4.78. The van der Waals surface area contributed by atoms with Crippen molar-refractivity contribution in [3.05, 3.63) is 30.5 Å². The number of para-hydroxylation sites is 2. The number of nitrogens with zero attached hydrogens (tertiary/aromatic N) is 4. The van der Waals surface area contributed by atoms with Crippen molar-refractivity contribution in [2.24, 2.45) is 0 Å². The van der Waals surface area contributed by atoms with E-state index in [9.17, 15) is 0 Å². The van der Waals surface area contributed by atoms with Crippen LogP contribution in [0.4, 0.5) is 5.82 Å². The Morgan fingerprint density at radius 2 is 1.68 bits per heavy atom. The normalized spacial score (nSPS) is 21.4. The molecule has 0 saturated carbocycles. The maximum Gasteiger partial charge on any atom is 0.147 e. The van der Waals surface area contributed by atoms with Crippen molar-refractivity contribution < 1.29 is 4.74 Å². The molecular weight excluding hydrogens is 276 g/mol. The Morgan fingerprint density at radius 1 is 0.955 bits per heavy atom. The van der Waals surface area contributed by atoms with Gasteiger partial charge in [-0.3, -0.25) is 9.88 Å². The SMILES string of the molecule is c1ccc2nc(N3CCN(C4CCOCC4)CC3)cnc2c1. The van der Waals surface area contributed by atoms with Gasteiger partial charge in [-0.15, -0.1) is 0 Å². The van der Waals surface area contributed by atoms with Gasteiger partial charge in [-0.2, -0.15) is 0 Å². The van der Waals surface area contributed by atoms with E-state index in [0.717, 1.165) is 56.2 Å². The average Bonchev–Trinajstić information content (AvgIpc) is 2.62. The van der Waals surface area contributed by atoms with Crippen LogP contribution >= 0.6 is 0 Å². The first-order valence-electron chi connectivity index (χ1n) is 8.19. The monoisotopic (exact) mass is 298 g/mol. The van der Waals surface area contributed by atoms with Crippen molar-refractivity contribution in [1.82, 2.24) is 14.9 Å². The fourth-order valence-electron chi connectivity index (χ4n) is 3.47. The molecule has 5 nitrogen and oxygen atoms in total. The molecule has 116 valence electrons. The number of benzene rings is 1. The van der Waals surface area contributed by atoms with E-state index in [-0.39, 0.29) is 0 Å². The number of fused-ring (bicyclic) bond motifs is 1. The summed E-state index contributed by atoms with van der Waals surface area (Å²) >= 11 is 0. The average molecular weight is 298 g/mol. The summed E-state index contributed by atoms with van der Waals surface area (Å²) in [4.78, 5) is 14.3. The Balaban J connectivity index is 1.43. The first-order valence-corrected chi connectivity index (χ1v) is 8.19. The van der Waals surface area contributed by atoms with Gasteiger partial charge in [-0.1, -0.05) is 12.1 Å². The Hall–Kier alpha value is -1.72. The summed E-state index contributed by atoms with van der Waals surface area (Å²) in [5, 5.41) is 0. The third kappa shape index (κ3) is 2.78. The lowest BCUT2D eigenvalue weighted by Crippen LogP contribution is -2.51. The van der Waals surface area contributed by atoms with Gasteiger partial charge in [0.1, 0.15) is 5.82 Å². The lowest BCUT2D eigenvalue weighted by Gasteiger charge is -2.41. The molecule has 0 spiro atoms. The predicted octanol–water partition coefficient (Wildman–Crippen LogP) is 1.93. The van der Waals surface area contributed by atoms with Gasteiger partial charge >= 0.3 is 0 Å². The lowest BCUT2D eigenvalue weighted by atomic mass is 10.1. The van der Waals surface area contributed by atoms with Crippen molar-refractivity contribution >= 4 is 16.9 Å². The molecule has 2 aromatic rings. The van der Waals surface area contributed by atoms with Gasteiger partial charge in [0.05, 0.1) is 17.2 Å². The fourth-order valence-corrected chi connectivity index (χ4v) is 3.47. The molecule has 2 fully saturated rings. The number of hydrogen-bond donors (Lipinski definition) is 0. The zero-order valence-corrected chi connectivity index (χ0v) is 12.8. The Bertz CT molecular complexity index is 633. The number of anilines is 1. The highest BCUT2D eigenvalue weighted by molar-refractivity contribution is 5.75. The van der Waals surface area contributed by atoms with Crippen LogP contribution in [0, 0.1) is 0 Å². The van der Waals surface area contributed by atoms with E-state index >= 15 is 0 Å². The topological polar surface area (TPSA) is 41.5 Å². The molecule has 5 heteroatoms. The Labute approximate surface area is 130 Å². The number of piperazine rings is 1. The van der Waals surface area contributed by atoms with Crippen LogP contribution in [0.2, 0.25) is 0 Å². The lowest BCUT2D eigenvalue weighted by molar-refractivity contribution is 0.0321. The minimum absolute atomic E-state index is 0.707. The van der Waals surface area contributed by atoms with Gasteiger partial charge in [0.25, 0.3) is 0 Å². The van der Waals surface area contributed by atoms with Crippen molar-refractivity contribution in [3.8, 4) is 0 Å². The summed E-state index contributed by atoms with van der Waals surface area (Å²) < 4.78 is 5.47. The maximum absolute atomic E-state index is 5.47. The molecule has 1 aromatic carbocycles. The molecule has 3 heterocycles. The fraction of sp³-hybridized carbons (Fsp3) is 0.529. The number of aromatic nitrogens is 2. The summed E-state index contributed by atoms with van der Waals surface area (Å²) in [6, 6.07) is 8.77. The molecular formula is C17H22N4O. The standard InChI is InChI=1S/C17H22N4O/c1-2-4-16-15(3-1)18-13-17(19-16)21-9-7-20(8-10-21)14-5-11-22-12-6-14/h1-4,13-14H,5-12H2. The first-order chi connectivity index (χ1) is 10.9. The molecule has 0 bridgehead atoms. The van der Waals surface area contributed by atoms with Crippen molar-refractivity contribution in [1.29, 1.82) is 0 Å². The zero-order valence-electron chi connectivity index (χ0n) is 12.8. The van der Waals surface area contributed by atoms with E-state index in [1.54, 1.807) is 0 Å². The van der Waals surface area contributed by atoms with E-state index in [1.165, 1.54) is 12.8 Å². The highest BCUT2D eigenvalue weighted by Crippen LogP contribution is 2.20. The second kappa shape index (κ2) is 6.18. The molecule has 0 radical (unpaired) electrons. The molecule has 0 amide bonds. The Morgan fingerprint density at radius 3 is 2.45 bits per heavy atom. The van der Waals surface area contributed by atoms with Crippen LogP contribution in [0.15, 0.2) is 30.5 Å². The van der Waals surface area contributed by atoms with Crippen LogP contribution in [0.1, 0.15) is 12.8 Å². The minimum atomic E-state index is 0.707. The molecule has 0 aliphatic carbocycles. The van der Waals surface area contributed by atoms with Crippen LogP contribution < -0.4 is 4.90 Å². The van der Waals surface area contributed by atoms with Crippen LogP contribution in [-0.2, 0) is 4.74 Å². The molecule has 2 saturated heterocycles. The minimum Gasteiger partial charge on any atom is -0.381 e. The molecule has 2 aliphatic rings. The molecule has 22 heavy (non-hydrogen) atoms. The van der Waals surface area contributed by atoms with Crippen LogP contribution in [0.25, 0.3) is 11.0 Å². The first kappa shape index (κ1) is 13.9. The molecule has 2 aliphatic heterocycles. The van der Waals surface area contributed by atoms with Crippen LogP contribution in [-0.4, -0.2) is 60.3 Å². The van der Waals surface area contributed by atoms with Crippen molar-refractivity contribution in [3.63, 3.8) is 0 Å². The van der Waals surface area contributed by atoms with Crippen molar-refractivity contribution in [2.45, 2.75) is 18.9 Å². The van der Waals surface area contributed by atoms with Crippen molar-refractivity contribution in [2.75, 3.05) is 44.3 Å². The van der Waals surface area contributed by atoms with E-state index in [4.69, 9.17) is 9.72 Å². The quantitative estimate of drug-likeness (QED) is 0.847. The Kier molecular flexibility index (Phi) is 3.91. The van der Waals surface area contributed by atoms with Gasteiger partial charge in [0.15, 0.2) is 0 Å². The molecule has 0 N–H and O–H groups in total. The largest absolute Gasteiger partial charge is 0.381 e. The highest BCUT2D eigenvalue weighted by atomic mass is 16.5. The summed E-state index contributed by atoms with van der Waals surface area (Å²) in [6.45, 7) is 6.12. The second-order valence-electron chi connectivity index (χ2n) is 6.08. The molecule has 4 rings (SSSR count). The van der Waals surface area contributed by atoms with E-state index in [2.05, 4.69) is 14.8 Å². The highest BCUT2D eigenvalue weighted by Gasteiger charge is 2.25. The van der Waals surface area contributed by atoms with E-state index < -0.39 is 0 Å². The van der Waals surface area contributed by atoms with E-state index in [1.807, 2.05) is 30.5 Å². The summed E-state index contributed by atoms with van der Waals surface area (Å²) in [5.74, 6) is 1.00. The summed E-state index contributed by atoms with van der Waals surface area (Å²) in [6.07, 6.45) is 4.26. The second-order valence-corrected chi connectivity index (χ2v) is 6.08. The van der Waals surface area contributed by atoms with Gasteiger partial charge < -0.3 is 9.64 Å². The van der Waals surface area contributed by atoms with Gasteiger partial charge in [-0.05, 0) is 25.0 Å².